The number of rotatable bonds is 6. The van der Waals surface area contributed by atoms with E-state index >= 15 is 0 Å². The highest BCUT2D eigenvalue weighted by atomic mass is 32.2. The van der Waals surface area contributed by atoms with Gasteiger partial charge in [-0.3, -0.25) is 9.69 Å². The molecule has 0 saturated carbocycles. The first-order valence-electron chi connectivity index (χ1n) is 7.47. The Balaban J connectivity index is 1.79. The maximum absolute atomic E-state index is 11.5. The minimum atomic E-state index is -3.67. The Kier molecular flexibility index (Phi) is 5.61. The fourth-order valence-corrected chi connectivity index (χ4v) is 3.08. The summed E-state index contributed by atoms with van der Waals surface area (Å²) in [5, 5.41) is 5.05. The zero-order valence-electron chi connectivity index (χ0n) is 13.4. The number of ether oxygens (including phenoxy) is 1. The minimum absolute atomic E-state index is 0.0666. The van der Waals surface area contributed by atoms with Gasteiger partial charge in [-0.05, 0) is 37.7 Å². The molecule has 1 saturated heterocycles. The van der Waals surface area contributed by atoms with Gasteiger partial charge in [0.15, 0.2) is 0 Å². The monoisotopic (exact) mass is 341 g/mol. The van der Waals surface area contributed by atoms with Crippen molar-refractivity contribution in [1.82, 2.24) is 9.80 Å². The molecule has 1 amide bonds. The number of likely N-dealkylation sites (tertiary alicyclic amines) is 1. The molecular weight excluding hydrogens is 318 g/mol. The van der Waals surface area contributed by atoms with E-state index in [0.29, 0.717) is 24.8 Å². The molecule has 0 spiro atoms. The third-order valence-corrected chi connectivity index (χ3v) is 5.02. The lowest BCUT2D eigenvalue weighted by atomic mass is 10.0. The van der Waals surface area contributed by atoms with E-state index < -0.39 is 10.0 Å². The van der Waals surface area contributed by atoms with Crippen LogP contribution in [0, 0.1) is 0 Å². The third kappa shape index (κ3) is 4.92. The number of nitrogens with zero attached hydrogens (tertiary/aromatic N) is 2. The van der Waals surface area contributed by atoms with Crippen LogP contribution in [-0.2, 0) is 14.8 Å². The Morgan fingerprint density at radius 2 is 2.00 bits per heavy atom. The molecule has 1 aromatic carbocycles. The van der Waals surface area contributed by atoms with Gasteiger partial charge in [-0.1, -0.05) is 0 Å². The van der Waals surface area contributed by atoms with Crippen LogP contribution in [0.2, 0.25) is 0 Å². The smallest absolute Gasteiger partial charge is 0.238 e. The lowest BCUT2D eigenvalue weighted by molar-refractivity contribution is -0.133. The summed E-state index contributed by atoms with van der Waals surface area (Å²) in [6.07, 6.45) is 1.45. The Bertz CT molecular complexity index is 645. The molecule has 7 nitrogen and oxygen atoms in total. The summed E-state index contributed by atoms with van der Waals surface area (Å²) in [4.78, 5) is 15.5. The lowest BCUT2D eigenvalue weighted by Crippen LogP contribution is -2.48. The molecule has 1 fully saturated rings. The molecule has 0 aliphatic carbocycles. The first-order chi connectivity index (χ1) is 10.8. The number of sulfonamides is 1. The van der Waals surface area contributed by atoms with Gasteiger partial charge in [0.1, 0.15) is 12.4 Å². The number of carbonyl (C=O) groups is 1. The summed E-state index contributed by atoms with van der Waals surface area (Å²) < 4.78 is 28.0. The molecule has 128 valence electrons. The molecule has 0 aromatic heterocycles. The average Bonchev–Trinajstić information content (AvgIpc) is 2.49. The molecule has 1 aliphatic heterocycles. The molecule has 1 aliphatic rings. The number of benzene rings is 1. The fraction of sp³-hybridized carbons (Fsp3) is 0.533. The summed E-state index contributed by atoms with van der Waals surface area (Å²) in [6, 6.07) is 6.37. The number of hydrogen-bond acceptors (Lipinski definition) is 5. The predicted octanol–water partition coefficient (Wildman–Crippen LogP) is 0.265. The molecule has 1 unspecified atom stereocenters. The third-order valence-electron chi connectivity index (χ3n) is 4.09. The van der Waals surface area contributed by atoms with Crippen LogP contribution in [0.15, 0.2) is 29.2 Å². The Labute approximate surface area is 137 Å². The number of piperidine rings is 1. The average molecular weight is 341 g/mol. The SMILES string of the molecule is CN1CC(N(C)CCOc2ccc(S(N)(=O)=O)cc2)CCC1=O. The van der Waals surface area contributed by atoms with Crippen LogP contribution in [0.1, 0.15) is 12.8 Å². The van der Waals surface area contributed by atoms with Crippen LogP contribution < -0.4 is 9.88 Å². The second-order valence-electron chi connectivity index (χ2n) is 5.81. The van der Waals surface area contributed by atoms with E-state index in [1.165, 1.54) is 12.1 Å². The van der Waals surface area contributed by atoms with E-state index in [0.717, 1.165) is 19.5 Å². The summed E-state index contributed by atoms with van der Waals surface area (Å²) in [6.45, 7) is 1.95. The highest BCUT2D eigenvalue weighted by Crippen LogP contribution is 2.16. The number of amides is 1. The number of likely N-dealkylation sites (N-methyl/N-ethyl adjacent to an activating group) is 2. The van der Waals surface area contributed by atoms with Crippen LogP contribution >= 0.6 is 0 Å². The van der Waals surface area contributed by atoms with E-state index in [-0.39, 0.29) is 10.8 Å². The molecule has 8 heteroatoms. The standard InChI is InChI=1S/C15H23N3O4S/c1-17(12-3-8-15(19)18(2)11-12)9-10-22-13-4-6-14(7-5-13)23(16,20)21/h4-7,12H,3,8-11H2,1-2H3,(H2,16,20,21). The minimum Gasteiger partial charge on any atom is -0.492 e. The Morgan fingerprint density at radius 1 is 1.35 bits per heavy atom. The number of hydrogen-bond donors (Lipinski definition) is 1. The Hall–Kier alpha value is -1.64. The summed E-state index contributed by atoms with van der Waals surface area (Å²) in [5.74, 6) is 0.794. The van der Waals surface area contributed by atoms with Crippen molar-refractivity contribution >= 4 is 15.9 Å². The van der Waals surface area contributed by atoms with Crippen LogP contribution in [0.25, 0.3) is 0 Å². The molecule has 1 atom stereocenters. The molecule has 23 heavy (non-hydrogen) atoms. The summed E-state index contributed by atoms with van der Waals surface area (Å²) in [5.41, 5.74) is 0. The van der Waals surface area contributed by atoms with Gasteiger partial charge >= 0.3 is 0 Å². The fourth-order valence-electron chi connectivity index (χ4n) is 2.57. The van der Waals surface area contributed by atoms with Gasteiger partial charge in [-0.25, -0.2) is 13.6 Å². The van der Waals surface area contributed by atoms with Gasteiger partial charge < -0.3 is 9.64 Å². The quantitative estimate of drug-likeness (QED) is 0.801. The van der Waals surface area contributed by atoms with Crippen molar-refractivity contribution in [2.45, 2.75) is 23.8 Å². The first-order valence-corrected chi connectivity index (χ1v) is 9.02. The molecule has 1 heterocycles. The van der Waals surface area contributed by atoms with Crippen LogP contribution in [0.5, 0.6) is 5.75 Å². The van der Waals surface area contributed by atoms with Crippen LogP contribution in [-0.4, -0.2) is 64.0 Å². The summed E-state index contributed by atoms with van der Waals surface area (Å²) >= 11 is 0. The van der Waals surface area contributed by atoms with Crippen molar-refractivity contribution in [2.24, 2.45) is 5.14 Å². The molecular formula is C15H23N3O4S. The second-order valence-corrected chi connectivity index (χ2v) is 7.37. The molecule has 0 radical (unpaired) electrons. The van der Waals surface area contributed by atoms with Gasteiger partial charge in [0.2, 0.25) is 15.9 Å². The predicted molar refractivity (Wildman–Crippen MR) is 86.6 cm³/mol. The van der Waals surface area contributed by atoms with Crippen molar-refractivity contribution in [2.75, 3.05) is 33.8 Å². The van der Waals surface area contributed by atoms with Crippen molar-refractivity contribution in [1.29, 1.82) is 0 Å². The van der Waals surface area contributed by atoms with E-state index in [2.05, 4.69) is 4.90 Å². The van der Waals surface area contributed by atoms with E-state index in [1.807, 2.05) is 14.1 Å². The second kappa shape index (κ2) is 7.29. The zero-order valence-corrected chi connectivity index (χ0v) is 14.3. The van der Waals surface area contributed by atoms with Gasteiger partial charge in [-0.2, -0.15) is 0 Å². The number of nitrogens with two attached hydrogens (primary N) is 1. The van der Waals surface area contributed by atoms with Crippen molar-refractivity contribution in [3.05, 3.63) is 24.3 Å². The van der Waals surface area contributed by atoms with E-state index in [4.69, 9.17) is 9.88 Å². The molecule has 1 aromatic rings. The number of primary sulfonamides is 1. The van der Waals surface area contributed by atoms with E-state index in [1.54, 1.807) is 17.0 Å². The zero-order chi connectivity index (χ0) is 17.0. The van der Waals surface area contributed by atoms with Gasteiger partial charge in [0.25, 0.3) is 0 Å². The molecule has 2 N–H and O–H groups in total. The van der Waals surface area contributed by atoms with Crippen LogP contribution in [0.3, 0.4) is 0 Å². The van der Waals surface area contributed by atoms with Gasteiger partial charge in [0.05, 0.1) is 4.90 Å². The Morgan fingerprint density at radius 3 is 2.57 bits per heavy atom. The van der Waals surface area contributed by atoms with Crippen molar-refractivity contribution < 1.29 is 17.9 Å². The maximum Gasteiger partial charge on any atom is 0.238 e. The topological polar surface area (TPSA) is 92.9 Å². The van der Waals surface area contributed by atoms with Gasteiger partial charge in [0, 0.05) is 32.6 Å². The first kappa shape index (κ1) is 17.7. The normalized spacial score (nSPS) is 19.2. The van der Waals surface area contributed by atoms with Gasteiger partial charge in [-0.15, -0.1) is 0 Å². The summed E-state index contributed by atoms with van der Waals surface area (Å²) in [7, 11) is 0.167. The van der Waals surface area contributed by atoms with Crippen molar-refractivity contribution in [3.8, 4) is 5.75 Å². The largest absolute Gasteiger partial charge is 0.492 e. The molecule has 0 bridgehead atoms. The number of carbonyl (C=O) groups excluding carboxylic acids is 1. The highest BCUT2D eigenvalue weighted by Gasteiger charge is 2.25. The van der Waals surface area contributed by atoms with E-state index in [9.17, 15) is 13.2 Å². The highest BCUT2D eigenvalue weighted by molar-refractivity contribution is 7.89. The maximum atomic E-state index is 11.5. The molecule has 2 rings (SSSR count). The van der Waals surface area contributed by atoms with Crippen LogP contribution in [0.4, 0.5) is 0 Å². The van der Waals surface area contributed by atoms with Crippen molar-refractivity contribution in [3.63, 3.8) is 0 Å². The lowest BCUT2D eigenvalue weighted by Gasteiger charge is -2.35.